The Morgan fingerprint density at radius 1 is 1.25 bits per heavy atom. The van der Waals surface area contributed by atoms with Crippen LogP contribution in [0.4, 0.5) is 5.69 Å². The molecule has 112 valence electrons. The van der Waals surface area contributed by atoms with E-state index in [0.717, 1.165) is 12.2 Å². The molecular formula is C15H24ClN3O. The summed E-state index contributed by atoms with van der Waals surface area (Å²) in [5.41, 5.74) is 2.15. The summed E-state index contributed by atoms with van der Waals surface area (Å²) in [6, 6.07) is 8.14. The lowest BCUT2D eigenvalue weighted by molar-refractivity contribution is -0.115. The van der Waals surface area contributed by atoms with Crippen molar-refractivity contribution in [2.45, 2.75) is 25.8 Å². The van der Waals surface area contributed by atoms with Gasteiger partial charge in [-0.3, -0.25) is 9.69 Å². The van der Waals surface area contributed by atoms with Gasteiger partial charge in [-0.25, -0.2) is 0 Å². The standard InChI is InChI=1S/C15H23N3O.ClH/c1-16-11-15(19)17-14-7-5-6-13(10-14)12-18-8-3-2-4-9-18;/h5-7,10,16H,2-4,8-9,11-12H2,1H3,(H,17,19);1H. The van der Waals surface area contributed by atoms with E-state index in [1.807, 2.05) is 12.1 Å². The summed E-state index contributed by atoms with van der Waals surface area (Å²) in [5, 5.41) is 5.75. The van der Waals surface area contributed by atoms with E-state index in [2.05, 4.69) is 27.7 Å². The van der Waals surface area contributed by atoms with Gasteiger partial charge in [0.2, 0.25) is 5.91 Å². The molecule has 0 aromatic heterocycles. The molecule has 0 atom stereocenters. The molecule has 1 aliphatic rings. The number of halogens is 1. The molecule has 1 aromatic rings. The largest absolute Gasteiger partial charge is 0.325 e. The number of carbonyl (C=O) groups excluding carboxylic acids is 1. The van der Waals surface area contributed by atoms with E-state index >= 15 is 0 Å². The highest BCUT2D eigenvalue weighted by Gasteiger charge is 2.10. The predicted molar refractivity (Wildman–Crippen MR) is 85.4 cm³/mol. The summed E-state index contributed by atoms with van der Waals surface area (Å²) in [6.45, 7) is 3.71. The first-order valence-electron chi connectivity index (χ1n) is 7.03. The molecule has 4 nitrogen and oxygen atoms in total. The maximum Gasteiger partial charge on any atom is 0.238 e. The fourth-order valence-electron chi connectivity index (χ4n) is 2.49. The highest BCUT2D eigenvalue weighted by molar-refractivity contribution is 5.92. The lowest BCUT2D eigenvalue weighted by atomic mass is 10.1. The Hall–Kier alpha value is -1.10. The van der Waals surface area contributed by atoms with Crippen LogP contribution in [-0.4, -0.2) is 37.5 Å². The summed E-state index contributed by atoms with van der Waals surface area (Å²) in [4.78, 5) is 14.0. The average molecular weight is 298 g/mol. The van der Waals surface area contributed by atoms with E-state index in [-0.39, 0.29) is 18.3 Å². The minimum Gasteiger partial charge on any atom is -0.325 e. The second-order valence-electron chi connectivity index (χ2n) is 5.12. The minimum atomic E-state index is -0.00220. The Morgan fingerprint density at radius 3 is 2.70 bits per heavy atom. The van der Waals surface area contributed by atoms with Crippen LogP contribution in [0.2, 0.25) is 0 Å². The van der Waals surface area contributed by atoms with Crippen molar-refractivity contribution in [1.82, 2.24) is 10.2 Å². The number of anilines is 1. The van der Waals surface area contributed by atoms with Crippen LogP contribution in [-0.2, 0) is 11.3 Å². The van der Waals surface area contributed by atoms with Crippen molar-refractivity contribution >= 4 is 24.0 Å². The number of amides is 1. The van der Waals surface area contributed by atoms with Gasteiger partial charge in [0.15, 0.2) is 0 Å². The second kappa shape index (κ2) is 8.95. The van der Waals surface area contributed by atoms with Gasteiger partial charge >= 0.3 is 0 Å². The van der Waals surface area contributed by atoms with Crippen LogP contribution < -0.4 is 10.6 Å². The third kappa shape index (κ3) is 5.49. The van der Waals surface area contributed by atoms with Crippen molar-refractivity contribution < 1.29 is 4.79 Å². The molecule has 20 heavy (non-hydrogen) atoms. The van der Waals surface area contributed by atoms with Gasteiger partial charge in [0.1, 0.15) is 0 Å². The number of rotatable bonds is 5. The normalized spacial score (nSPS) is 15.4. The number of benzene rings is 1. The first-order valence-corrected chi connectivity index (χ1v) is 7.03. The van der Waals surface area contributed by atoms with E-state index in [1.54, 1.807) is 7.05 Å². The minimum absolute atomic E-state index is 0. The summed E-state index contributed by atoms with van der Waals surface area (Å²) in [5.74, 6) is -0.00220. The molecule has 0 spiro atoms. The van der Waals surface area contributed by atoms with Crippen molar-refractivity contribution in [3.05, 3.63) is 29.8 Å². The van der Waals surface area contributed by atoms with Gasteiger partial charge in [0.25, 0.3) is 0 Å². The van der Waals surface area contributed by atoms with Crippen molar-refractivity contribution in [3.63, 3.8) is 0 Å². The monoisotopic (exact) mass is 297 g/mol. The predicted octanol–water partition coefficient (Wildman–Crippen LogP) is 2.25. The molecule has 0 bridgehead atoms. The molecule has 0 saturated carbocycles. The summed E-state index contributed by atoms with van der Waals surface area (Å²) in [7, 11) is 1.77. The Bertz CT molecular complexity index is 419. The lowest BCUT2D eigenvalue weighted by Gasteiger charge is -2.26. The smallest absolute Gasteiger partial charge is 0.238 e. The Kier molecular flexibility index (Phi) is 7.59. The lowest BCUT2D eigenvalue weighted by Crippen LogP contribution is -2.29. The number of carbonyl (C=O) groups is 1. The molecule has 1 amide bonds. The van der Waals surface area contributed by atoms with E-state index < -0.39 is 0 Å². The van der Waals surface area contributed by atoms with Crippen LogP contribution in [0.3, 0.4) is 0 Å². The Morgan fingerprint density at radius 2 is 2.00 bits per heavy atom. The number of hydrogen-bond acceptors (Lipinski definition) is 3. The fourth-order valence-corrected chi connectivity index (χ4v) is 2.49. The van der Waals surface area contributed by atoms with Crippen molar-refractivity contribution in [2.75, 3.05) is 32.0 Å². The number of piperidine rings is 1. The van der Waals surface area contributed by atoms with Crippen LogP contribution in [0.1, 0.15) is 24.8 Å². The SMILES string of the molecule is CNCC(=O)Nc1cccc(CN2CCCCC2)c1.Cl. The molecule has 1 saturated heterocycles. The molecular weight excluding hydrogens is 274 g/mol. The first-order chi connectivity index (χ1) is 9.28. The molecule has 1 fully saturated rings. The third-order valence-corrected chi connectivity index (χ3v) is 3.40. The van der Waals surface area contributed by atoms with Gasteiger partial charge in [-0.15, -0.1) is 12.4 Å². The van der Waals surface area contributed by atoms with Gasteiger partial charge in [-0.2, -0.15) is 0 Å². The number of nitrogens with one attached hydrogen (secondary N) is 2. The first kappa shape index (κ1) is 17.0. The van der Waals surface area contributed by atoms with E-state index in [1.165, 1.54) is 37.9 Å². The summed E-state index contributed by atoms with van der Waals surface area (Å²) >= 11 is 0. The highest BCUT2D eigenvalue weighted by Crippen LogP contribution is 2.16. The van der Waals surface area contributed by atoms with Crippen LogP contribution in [0.25, 0.3) is 0 Å². The summed E-state index contributed by atoms with van der Waals surface area (Å²) in [6.07, 6.45) is 3.97. The van der Waals surface area contributed by atoms with E-state index in [0.29, 0.717) is 6.54 Å². The topological polar surface area (TPSA) is 44.4 Å². The van der Waals surface area contributed by atoms with Gasteiger partial charge < -0.3 is 10.6 Å². The van der Waals surface area contributed by atoms with E-state index in [9.17, 15) is 4.79 Å². The van der Waals surface area contributed by atoms with Crippen LogP contribution in [0.5, 0.6) is 0 Å². The number of likely N-dealkylation sites (tertiary alicyclic amines) is 1. The van der Waals surface area contributed by atoms with Gasteiger partial charge in [0, 0.05) is 12.2 Å². The Labute approximate surface area is 127 Å². The second-order valence-corrected chi connectivity index (χ2v) is 5.12. The number of hydrogen-bond donors (Lipinski definition) is 2. The van der Waals surface area contributed by atoms with Crippen LogP contribution >= 0.6 is 12.4 Å². The zero-order valence-corrected chi connectivity index (χ0v) is 12.8. The van der Waals surface area contributed by atoms with Crippen molar-refractivity contribution in [2.24, 2.45) is 0 Å². The molecule has 0 radical (unpaired) electrons. The maximum absolute atomic E-state index is 11.5. The third-order valence-electron chi connectivity index (χ3n) is 3.40. The van der Waals surface area contributed by atoms with Gasteiger partial charge in [-0.05, 0) is 50.7 Å². The highest BCUT2D eigenvalue weighted by atomic mass is 35.5. The van der Waals surface area contributed by atoms with Crippen molar-refractivity contribution in [1.29, 1.82) is 0 Å². The average Bonchev–Trinajstić information content (AvgIpc) is 2.40. The molecule has 5 heteroatoms. The Balaban J connectivity index is 0.00000200. The van der Waals surface area contributed by atoms with Gasteiger partial charge in [-0.1, -0.05) is 18.6 Å². The molecule has 0 aliphatic carbocycles. The number of nitrogens with zero attached hydrogens (tertiary/aromatic N) is 1. The van der Waals surface area contributed by atoms with Crippen molar-refractivity contribution in [3.8, 4) is 0 Å². The molecule has 2 rings (SSSR count). The summed E-state index contributed by atoms with van der Waals surface area (Å²) < 4.78 is 0. The molecule has 0 unspecified atom stereocenters. The zero-order chi connectivity index (χ0) is 13.5. The maximum atomic E-state index is 11.5. The molecule has 1 aliphatic heterocycles. The molecule has 1 heterocycles. The zero-order valence-electron chi connectivity index (χ0n) is 12.0. The van der Waals surface area contributed by atoms with Gasteiger partial charge in [0.05, 0.1) is 6.54 Å². The number of likely N-dealkylation sites (N-methyl/N-ethyl adjacent to an activating group) is 1. The molecule has 2 N–H and O–H groups in total. The fraction of sp³-hybridized carbons (Fsp3) is 0.533. The van der Waals surface area contributed by atoms with E-state index in [4.69, 9.17) is 0 Å². The van der Waals surface area contributed by atoms with Crippen LogP contribution in [0, 0.1) is 0 Å². The quantitative estimate of drug-likeness (QED) is 0.876. The molecule has 1 aromatic carbocycles. The van der Waals surface area contributed by atoms with Crippen LogP contribution in [0.15, 0.2) is 24.3 Å².